The van der Waals surface area contributed by atoms with E-state index in [1.807, 2.05) is 0 Å². The number of nitrogens with zero attached hydrogens (tertiary/aromatic N) is 3. The molecule has 2 rings (SSSR count). The van der Waals surface area contributed by atoms with Crippen molar-refractivity contribution >= 4 is 11.6 Å². The van der Waals surface area contributed by atoms with Crippen molar-refractivity contribution in [1.82, 2.24) is 9.97 Å². The topological polar surface area (TPSA) is 41.1 Å². The third-order valence-corrected chi connectivity index (χ3v) is 4.44. The summed E-state index contributed by atoms with van der Waals surface area (Å²) in [4.78, 5) is 11.3. The second-order valence-electron chi connectivity index (χ2n) is 6.19. The van der Waals surface area contributed by atoms with Crippen molar-refractivity contribution in [3.8, 4) is 0 Å². The third kappa shape index (κ3) is 4.32. The van der Waals surface area contributed by atoms with E-state index in [1.165, 1.54) is 37.7 Å². The summed E-state index contributed by atoms with van der Waals surface area (Å²) in [6, 6.07) is 0. The highest BCUT2D eigenvalue weighted by atomic mass is 15.2. The molecule has 1 saturated carbocycles. The van der Waals surface area contributed by atoms with Gasteiger partial charge in [0.15, 0.2) is 0 Å². The second kappa shape index (κ2) is 8.20. The van der Waals surface area contributed by atoms with Gasteiger partial charge in [-0.05, 0) is 31.6 Å². The minimum absolute atomic E-state index is 0.829. The summed E-state index contributed by atoms with van der Waals surface area (Å²) in [7, 11) is 2.18. The Morgan fingerprint density at radius 3 is 2.62 bits per heavy atom. The number of aromatic nitrogens is 2. The van der Waals surface area contributed by atoms with Gasteiger partial charge in [0, 0.05) is 25.7 Å². The van der Waals surface area contributed by atoms with Gasteiger partial charge in [0.25, 0.3) is 0 Å². The summed E-state index contributed by atoms with van der Waals surface area (Å²) in [6.07, 6.45) is 10.7. The smallest absolute Gasteiger partial charge is 0.137 e. The first kappa shape index (κ1) is 16.1. The summed E-state index contributed by atoms with van der Waals surface area (Å²) >= 11 is 0. The lowest BCUT2D eigenvalue weighted by atomic mass is 9.89. The summed E-state index contributed by atoms with van der Waals surface area (Å²) in [6.45, 7) is 6.46. The van der Waals surface area contributed by atoms with Crippen molar-refractivity contribution in [3.05, 3.63) is 11.9 Å². The molecule has 21 heavy (non-hydrogen) atoms. The highest BCUT2D eigenvalue weighted by molar-refractivity contribution is 5.58. The van der Waals surface area contributed by atoms with E-state index >= 15 is 0 Å². The zero-order valence-electron chi connectivity index (χ0n) is 13.9. The third-order valence-electron chi connectivity index (χ3n) is 4.44. The summed E-state index contributed by atoms with van der Waals surface area (Å²) in [5, 5.41) is 3.43. The number of hydrogen-bond donors (Lipinski definition) is 1. The van der Waals surface area contributed by atoms with Crippen LogP contribution in [0.25, 0.3) is 0 Å². The molecule has 0 saturated heterocycles. The van der Waals surface area contributed by atoms with Gasteiger partial charge in [-0.15, -0.1) is 0 Å². The predicted octanol–water partition coefficient (Wildman–Crippen LogP) is 3.88. The van der Waals surface area contributed by atoms with Crippen LogP contribution in [0.5, 0.6) is 0 Å². The number of hydrogen-bond acceptors (Lipinski definition) is 4. The van der Waals surface area contributed by atoms with Crippen LogP contribution in [-0.2, 0) is 6.42 Å². The van der Waals surface area contributed by atoms with E-state index in [0.717, 1.165) is 43.5 Å². The van der Waals surface area contributed by atoms with E-state index in [4.69, 9.17) is 0 Å². The number of nitrogens with one attached hydrogen (secondary N) is 1. The fraction of sp³-hybridized carbons (Fsp3) is 0.765. The number of anilines is 2. The molecule has 1 aliphatic rings. The molecule has 0 radical (unpaired) electrons. The Morgan fingerprint density at radius 2 is 1.95 bits per heavy atom. The minimum atomic E-state index is 0.829. The Labute approximate surface area is 129 Å². The molecule has 1 aliphatic carbocycles. The maximum atomic E-state index is 4.56. The average molecular weight is 290 g/mol. The van der Waals surface area contributed by atoms with E-state index in [0.29, 0.717) is 0 Å². The van der Waals surface area contributed by atoms with Crippen molar-refractivity contribution in [2.45, 2.75) is 58.8 Å². The van der Waals surface area contributed by atoms with Gasteiger partial charge in [0.05, 0.1) is 0 Å². The molecule has 0 bridgehead atoms. The van der Waals surface area contributed by atoms with Gasteiger partial charge in [-0.2, -0.15) is 0 Å². The zero-order chi connectivity index (χ0) is 15.1. The van der Waals surface area contributed by atoms with E-state index in [-0.39, 0.29) is 0 Å². The Balaban J connectivity index is 2.09. The van der Waals surface area contributed by atoms with Crippen LogP contribution in [0.2, 0.25) is 0 Å². The first-order valence-corrected chi connectivity index (χ1v) is 8.55. The molecule has 0 aliphatic heterocycles. The molecule has 0 spiro atoms. The van der Waals surface area contributed by atoms with Crippen LogP contribution < -0.4 is 10.2 Å². The average Bonchev–Trinajstić information content (AvgIpc) is 2.53. The second-order valence-corrected chi connectivity index (χ2v) is 6.19. The standard InChI is InChI=1S/C17H30N4/c1-4-11-18-16-15(5-2)17(20-13-19-16)21(3)12-14-9-7-6-8-10-14/h13-14H,4-12H2,1-3H3,(H,18,19,20). The molecule has 1 aromatic heterocycles. The molecular weight excluding hydrogens is 260 g/mol. The first-order chi connectivity index (χ1) is 10.3. The Kier molecular flexibility index (Phi) is 6.27. The van der Waals surface area contributed by atoms with E-state index in [2.05, 4.69) is 41.1 Å². The lowest BCUT2D eigenvalue weighted by molar-refractivity contribution is 0.361. The Morgan fingerprint density at radius 1 is 1.19 bits per heavy atom. The lowest BCUT2D eigenvalue weighted by Crippen LogP contribution is -2.28. The molecule has 0 aromatic carbocycles. The molecule has 118 valence electrons. The quantitative estimate of drug-likeness (QED) is 0.827. The fourth-order valence-electron chi connectivity index (χ4n) is 3.30. The van der Waals surface area contributed by atoms with Crippen LogP contribution in [0, 0.1) is 5.92 Å². The van der Waals surface area contributed by atoms with Gasteiger partial charge >= 0.3 is 0 Å². The highest BCUT2D eigenvalue weighted by Crippen LogP contribution is 2.28. The lowest BCUT2D eigenvalue weighted by Gasteiger charge is -2.29. The van der Waals surface area contributed by atoms with Gasteiger partial charge in [0.2, 0.25) is 0 Å². The summed E-state index contributed by atoms with van der Waals surface area (Å²) < 4.78 is 0. The SMILES string of the molecule is CCCNc1ncnc(N(C)CC2CCCCC2)c1CC. The zero-order valence-corrected chi connectivity index (χ0v) is 13.9. The maximum absolute atomic E-state index is 4.56. The molecule has 4 nitrogen and oxygen atoms in total. The molecule has 1 heterocycles. The molecule has 4 heteroatoms. The monoisotopic (exact) mass is 290 g/mol. The largest absolute Gasteiger partial charge is 0.370 e. The first-order valence-electron chi connectivity index (χ1n) is 8.55. The van der Waals surface area contributed by atoms with Gasteiger partial charge in [-0.25, -0.2) is 9.97 Å². The maximum Gasteiger partial charge on any atom is 0.137 e. The van der Waals surface area contributed by atoms with Gasteiger partial charge in [-0.3, -0.25) is 0 Å². The van der Waals surface area contributed by atoms with E-state index in [9.17, 15) is 0 Å². The van der Waals surface area contributed by atoms with Crippen LogP contribution in [-0.4, -0.2) is 30.1 Å². The Bertz CT molecular complexity index is 427. The highest BCUT2D eigenvalue weighted by Gasteiger charge is 2.19. The van der Waals surface area contributed by atoms with Crippen molar-refractivity contribution in [2.24, 2.45) is 5.92 Å². The predicted molar refractivity (Wildman–Crippen MR) is 90.0 cm³/mol. The van der Waals surface area contributed by atoms with Crippen LogP contribution in [0.15, 0.2) is 6.33 Å². The van der Waals surface area contributed by atoms with Crippen LogP contribution in [0.3, 0.4) is 0 Å². The van der Waals surface area contributed by atoms with Crippen molar-refractivity contribution in [3.63, 3.8) is 0 Å². The van der Waals surface area contributed by atoms with Gasteiger partial charge in [-0.1, -0.05) is 33.1 Å². The molecule has 1 N–H and O–H groups in total. The molecule has 0 unspecified atom stereocenters. The van der Waals surface area contributed by atoms with Crippen LogP contribution in [0.4, 0.5) is 11.6 Å². The van der Waals surface area contributed by atoms with E-state index < -0.39 is 0 Å². The van der Waals surface area contributed by atoms with Crippen molar-refractivity contribution in [1.29, 1.82) is 0 Å². The summed E-state index contributed by atoms with van der Waals surface area (Å²) in [5.41, 5.74) is 1.25. The van der Waals surface area contributed by atoms with E-state index in [1.54, 1.807) is 6.33 Å². The molecule has 0 amide bonds. The van der Waals surface area contributed by atoms with Crippen molar-refractivity contribution in [2.75, 3.05) is 30.4 Å². The molecule has 0 atom stereocenters. The molecular formula is C17H30N4. The van der Waals surface area contributed by atoms with Gasteiger partial charge in [0.1, 0.15) is 18.0 Å². The fourth-order valence-corrected chi connectivity index (χ4v) is 3.30. The normalized spacial score (nSPS) is 16.0. The van der Waals surface area contributed by atoms with Crippen LogP contribution >= 0.6 is 0 Å². The summed E-state index contributed by atoms with van der Waals surface area (Å²) in [5.74, 6) is 2.95. The van der Waals surface area contributed by atoms with Gasteiger partial charge < -0.3 is 10.2 Å². The number of rotatable bonds is 7. The Hall–Kier alpha value is -1.32. The van der Waals surface area contributed by atoms with Crippen LogP contribution in [0.1, 0.15) is 57.9 Å². The molecule has 1 fully saturated rings. The molecule has 1 aromatic rings. The van der Waals surface area contributed by atoms with Crippen molar-refractivity contribution < 1.29 is 0 Å². The minimum Gasteiger partial charge on any atom is -0.370 e.